The number of nitrogens with one attached hydrogen (secondary N) is 1. The number of ether oxygens (including phenoxy) is 1. The van der Waals surface area contributed by atoms with E-state index >= 15 is 0 Å². The number of urea groups is 1. The van der Waals surface area contributed by atoms with E-state index in [4.69, 9.17) is 4.74 Å². The van der Waals surface area contributed by atoms with Crippen LogP contribution in [0.15, 0.2) is 54.7 Å². The molecule has 1 saturated heterocycles. The minimum absolute atomic E-state index is 0.0568. The van der Waals surface area contributed by atoms with Gasteiger partial charge in [-0.05, 0) is 48.4 Å². The van der Waals surface area contributed by atoms with E-state index in [0.717, 1.165) is 37.5 Å². The summed E-state index contributed by atoms with van der Waals surface area (Å²) in [5.41, 5.74) is 3.49. The Hall–Kier alpha value is -2.95. The van der Waals surface area contributed by atoms with E-state index in [1.807, 2.05) is 35.2 Å². The number of methoxy groups -OCH3 is 1. The van der Waals surface area contributed by atoms with Gasteiger partial charge in [0, 0.05) is 38.1 Å². The van der Waals surface area contributed by atoms with Crippen molar-refractivity contribution < 1.29 is 9.53 Å². The van der Waals surface area contributed by atoms with Gasteiger partial charge < -0.3 is 19.9 Å². The fourth-order valence-corrected chi connectivity index (χ4v) is 3.01. The predicted molar refractivity (Wildman–Crippen MR) is 106 cm³/mol. The topological polar surface area (TPSA) is 44.8 Å². The number of hydrogen-bond acceptors (Lipinski definition) is 3. The summed E-state index contributed by atoms with van der Waals surface area (Å²) in [4.78, 5) is 16.5. The number of carbonyl (C=O) groups is 1. The van der Waals surface area contributed by atoms with E-state index in [-0.39, 0.29) is 6.03 Å². The third kappa shape index (κ3) is 4.57. The smallest absolute Gasteiger partial charge is 0.321 e. The summed E-state index contributed by atoms with van der Waals surface area (Å²) < 4.78 is 5.13. The van der Waals surface area contributed by atoms with Crippen LogP contribution in [0.3, 0.4) is 0 Å². The lowest BCUT2D eigenvalue weighted by molar-refractivity contribution is 0.198. The van der Waals surface area contributed by atoms with Crippen LogP contribution in [-0.4, -0.2) is 44.2 Å². The van der Waals surface area contributed by atoms with Crippen molar-refractivity contribution in [1.29, 1.82) is 0 Å². The quantitative estimate of drug-likeness (QED) is 0.917. The number of hydrogen-bond donors (Lipinski definition) is 1. The van der Waals surface area contributed by atoms with E-state index < -0.39 is 0 Å². The van der Waals surface area contributed by atoms with Gasteiger partial charge >= 0.3 is 6.03 Å². The average molecular weight is 351 g/mol. The molecule has 1 fully saturated rings. The van der Waals surface area contributed by atoms with Crippen molar-refractivity contribution in [3.8, 4) is 5.75 Å². The zero-order valence-corrected chi connectivity index (χ0v) is 15.3. The van der Waals surface area contributed by atoms with Crippen LogP contribution in [0, 0.1) is 6.92 Å². The summed E-state index contributed by atoms with van der Waals surface area (Å²) >= 11 is 0. The second kappa shape index (κ2) is 8.43. The highest BCUT2D eigenvalue weighted by Crippen LogP contribution is 2.18. The van der Waals surface area contributed by atoms with Crippen molar-refractivity contribution in [3.05, 3.63) is 65.9 Å². The molecular formula is C21H25N3O2. The molecule has 0 aromatic heterocycles. The van der Waals surface area contributed by atoms with Crippen LogP contribution in [-0.2, 0) is 0 Å². The first-order chi connectivity index (χ1) is 12.7. The second-order valence-corrected chi connectivity index (χ2v) is 6.37. The molecule has 1 aliphatic rings. The van der Waals surface area contributed by atoms with Gasteiger partial charge in [0.05, 0.1) is 7.11 Å². The lowest BCUT2D eigenvalue weighted by Crippen LogP contribution is -2.51. The highest BCUT2D eigenvalue weighted by molar-refractivity contribution is 5.76. The zero-order valence-electron chi connectivity index (χ0n) is 15.3. The molecular weight excluding hydrogens is 326 g/mol. The van der Waals surface area contributed by atoms with Crippen molar-refractivity contribution in [1.82, 2.24) is 10.2 Å². The Balaban J connectivity index is 1.48. The molecule has 0 bridgehead atoms. The van der Waals surface area contributed by atoms with Gasteiger partial charge in [-0.15, -0.1) is 0 Å². The summed E-state index contributed by atoms with van der Waals surface area (Å²) in [5, 5.41) is 2.85. The lowest BCUT2D eigenvalue weighted by atomic mass is 10.2. The number of anilines is 1. The Labute approximate surface area is 154 Å². The van der Waals surface area contributed by atoms with Crippen LogP contribution < -0.4 is 15.0 Å². The Morgan fingerprint density at radius 2 is 1.81 bits per heavy atom. The van der Waals surface area contributed by atoms with Crippen molar-refractivity contribution >= 4 is 17.8 Å². The minimum Gasteiger partial charge on any atom is -0.497 e. The SMILES string of the molecule is COc1ccc(/C=C/NC(=O)N2CCN(c3cccc(C)c3)CC2)cc1. The number of carbonyl (C=O) groups excluding carboxylic acids is 1. The Kier molecular flexibility index (Phi) is 5.79. The van der Waals surface area contributed by atoms with E-state index in [2.05, 4.69) is 41.4 Å². The number of benzene rings is 2. The van der Waals surface area contributed by atoms with Crippen molar-refractivity contribution in [2.24, 2.45) is 0 Å². The van der Waals surface area contributed by atoms with Gasteiger partial charge in [0.15, 0.2) is 0 Å². The van der Waals surface area contributed by atoms with Gasteiger partial charge in [-0.25, -0.2) is 4.79 Å². The highest BCUT2D eigenvalue weighted by atomic mass is 16.5. The Morgan fingerprint density at radius 1 is 1.08 bits per heavy atom. The lowest BCUT2D eigenvalue weighted by Gasteiger charge is -2.36. The molecule has 5 nitrogen and oxygen atoms in total. The maximum absolute atomic E-state index is 12.3. The standard InChI is InChI=1S/C21H25N3O2/c1-17-4-3-5-19(16-17)23-12-14-24(15-13-23)21(25)22-11-10-18-6-8-20(26-2)9-7-18/h3-11,16H,12-15H2,1-2H3,(H,22,25)/b11-10+. The molecule has 0 unspecified atom stereocenters. The maximum atomic E-state index is 12.3. The first-order valence-electron chi connectivity index (χ1n) is 8.83. The van der Waals surface area contributed by atoms with E-state index in [0.29, 0.717) is 0 Å². The summed E-state index contributed by atoms with van der Waals surface area (Å²) in [6.45, 7) is 5.23. The molecule has 0 radical (unpaired) electrons. The highest BCUT2D eigenvalue weighted by Gasteiger charge is 2.20. The predicted octanol–water partition coefficient (Wildman–Crippen LogP) is 3.51. The van der Waals surface area contributed by atoms with Crippen LogP contribution in [0.2, 0.25) is 0 Å². The minimum atomic E-state index is -0.0568. The number of aryl methyl sites for hydroxylation is 1. The monoisotopic (exact) mass is 351 g/mol. The summed E-state index contributed by atoms with van der Waals surface area (Å²) in [6, 6.07) is 16.1. The zero-order chi connectivity index (χ0) is 18.4. The number of amides is 2. The molecule has 136 valence electrons. The van der Waals surface area contributed by atoms with E-state index in [1.165, 1.54) is 11.3 Å². The molecule has 0 aliphatic carbocycles. The van der Waals surface area contributed by atoms with Crippen LogP contribution in [0.4, 0.5) is 10.5 Å². The van der Waals surface area contributed by atoms with E-state index in [9.17, 15) is 4.79 Å². The largest absolute Gasteiger partial charge is 0.497 e. The molecule has 3 rings (SSSR count). The summed E-state index contributed by atoms with van der Waals surface area (Å²) in [7, 11) is 1.64. The fourth-order valence-electron chi connectivity index (χ4n) is 3.01. The molecule has 5 heteroatoms. The maximum Gasteiger partial charge on any atom is 0.321 e. The van der Waals surface area contributed by atoms with Crippen molar-refractivity contribution in [2.45, 2.75) is 6.92 Å². The number of nitrogens with zero attached hydrogens (tertiary/aromatic N) is 2. The molecule has 2 amide bonds. The average Bonchev–Trinajstić information content (AvgIpc) is 2.68. The molecule has 1 N–H and O–H groups in total. The number of rotatable bonds is 4. The summed E-state index contributed by atoms with van der Waals surface area (Å²) in [6.07, 6.45) is 3.57. The van der Waals surface area contributed by atoms with Crippen molar-refractivity contribution in [3.63, 3.8) is 0 Å². The van der Waals surface area contributed by atoms with Crippen LogP contribution in [0.25, 0.3) is 6.08 Å². The van der Waals surface area contributed by atoms with Crippen LogP contribution >= 0.6 is 0 Å². The van der Waals surface area contributed by atoms with Gasteiger partial charge in [0.1, 0.15) is 5.75 Å². The van der Waals surface area contributed by atoms with E-state index in [1.54, 1.807) is 13.3 Å². The van der Waals surface area contributed by atoms with Gasteiger partial charge in [0.2, 0.25) is 0 Å². The molecule has 1 aliphatic heterocycles. The van der Waals surface area contributed by atoms with Gasteiger partial charge in [-0.1, -0.05) is 24.3 Å². The van der Waals surface area contributed by atoms with Crippen molar-refractivity contribution in [2.75, 3.05) is 38.2 Å². The number of piperazine rings is 1. The molecule has 2 aromatic carbocycles. The van der Waals surface area contributed by atoms with Crippen LogP contribution in [0.5, 0.6) is 5.75 Å². The Morgan fingerprint density at radius 3 is 2.46 bits per heavy atom. The second-order valence-electron chi connectivity index (χ2n) is 6.37. The van der Waals surface area contributed by atoms with Gasteiger partial charge in [0.25, 0.3) is 0 Å². The summed E-state index contributed by atoms with van der Waals surface area (Å²) in [5.74, 6) is 0.817. The normalized spacial score (nSPS) is 14.5. The fraction of sp³-hybridized carbons (Fsp3) is 0.286. The third-order valence-corrected chi connectivity index (χ3v) is 4.53. The molecule has 2 aromatic rings. The first kappa shape index (κ1) is 17.9. The molecule has 0 atom stereocenters. The molecule has 26 heavy (non-hydrogen) atoms. The van der Waals surface area contributed by atoms with Crippen LogP contribution in [0.1, 0.15) is 11.1 Å². The molecule has 1 heterocycles. The van der Waals surface area contributed by atoms with Gasteiger partial charge in [-0.3, -0.25) is 0 Å². The third-order valence-electron chi connectivity index (χ3n) is 4.53. The van der Waals surface area contributed by atoms with Gasteiger partial charge in [-0.2, -0.15) is 0 Å². The molecule has 0 spiro atoms. The first-order valence-corrected chi connectivity index (χ1v) is 8.83. The Bertz CT molecular complexity index is 763. The molecule has 0 saturated carbocycles.